The number of carboxylic acid groups (broad SMARTS) is 1. The van der Waals surface area contributed by atoms with E-state index >= 15 is 0 Å². The number of nitrogens with one attached hydrogen (secondary N) is 1. The first-order valence-corrected chi connectivity index (χ1v) is 9.97. The highest BCUT2D eigenvalue weighted by molar-refractivity contribution is 5.95. The van der Waals surface area contributed by atoms with Crippen LogP contribution in [0.2, 0.25) is 0 Å². The number of aliphatic carboxylic acids is 1. The molecule has 1 atom stereocenters. The zero-order valence-corrected chi connectivity index (χ0v) is 16.9. The predicted octanol–water partition coefficient (Wildman–Crippen LogP) is 2.99. The van der Waals surface area contributed by atoms with E-state index in [4.69, 9.17) is 9.84 Å². The van der Waals surface area contributed by atoms with Crippen LogP contribution < -0.4 is 5.32 Å². The highest BCUT2D eigenvalue weighted by Crippen LogP contribution is 2.44. The van der Waals surface area contributed by atoms with Crippen LogP contribution in [-0.4, -0.2) is 53.2 Å². The minimum atomic E-state index is -1.09. The average molecular weight is 408 g/mol. The first-order chi connectivity index (χ1) is 14.3. The summed E-state index contributed by atoms with van der Waals surface area (Å²) in [6.07, 6.45) is 0.262. The van der Waals surface area contributed by atoms with Crippen LogP contribution >= 0.6 is 0 Å². The number of carbonyl (C=O) groups excluding carboxylic acids is 2. The van der Waals surface area contributed by atoms with E-state index < -0.39 is 29.6 Å². The molecular formula is C23H24N2O5. The lowest BCUT2D eigenvalue weighted by Gasteiger charge is -2.27. The summed E-state index contributed by atoms with van der Waals surface area (Å²) in [6, 6.07) is 15.1. The van der Waals surface area contributed by atoms with E-state index in [9.17, 15) is 14.4 Å². The molecule has 30 heavy (non-hydrogen) atoms. The van der Waals surface area contributed by atoms with Gasteiger partial charge >= 0.3 is 12.1 Å². The Bertz CT molecular complexity index is 969. The number of fused-ring (bicyclic) bond motifs is 3. The van der Waals surface area contributed by atoms with Gasteiger partial charge in [-0.05, 0) is 42.0 Å². The summed E-state index contributed by atoms with van der Waals surface area (Å²) in [5.74, 6) is -1.57. The van der Waals surface area contributed by atoms with Gasteiger partial charge in [0.25, 0.3) is 0 Å². The van der Waals surface area contributed by atoms with Gasteiger partial charge in [-0.25, -0.2) is 9.59 Å². The third-order valence-corrected chi connectivity index (χ3v) is 6.10. The monoisotopic (exact) mass is 408 g/mol. The van der Waals surface area contributed by atoms with Crippen LogP contribution in [0, 0.1) is 0 Å². The van der Waals surface area contributed by atoms with Gasteiger partial charge in [-0.3, -0.25) is 4.79 Å². The number of rotatable bonds is 6. The summed E-state index contributed by atoms with van der Waals surface area (Å²) in [5.41, 5.74) is 3.43. The van der Waals surface area contributed by atoms with Crippen LogP contribution in [0.1, 0.15) is 36.8 Å². The van der Waals surface area contributed by atoms with Crippen LogP contribution in [0.4, 0.5) is 4.79 Å². The number of hydrogen-bond donors (Lipinski definition) is 2. The number of ether oxygens (including phenoxy) is 1. The fraction of sp³-hybridized carbons (Fsp3) is 0.348. The van der Waals surface area contributed by atoms with Crippen molar-refractivity contribution >= 4 is 18.0 Å². The largest absolute Gasteiger partial charge is 0.480 e. The van der Waals surface area contributed by atoms with Gasteiger partial charge in [0, 0.05) is 13.0 Å². The highest BCUT2D eigenvalue weighted by atomic mass is 16.5. The Kier molecular flexibility index (Phi) is 4.97. The molecule has 0 radical (unpaired) electrons. The molecule has 0 unspecified atom stereocenters. The topological polar surface area (TPSA) is 95.9 Å². The average Bonchev–Trinajstić information content (AvgIpc) is 3.46. The van der Waals surface area contributed by atoms with Gasteiger partial charge < -0.3 is 20.1 Å². The van der Waals surface area contributed by atoms with E-state index in [1.54, 1.807) is 0 Å². The molecule has 0 heterocycles. The maximum absolute atomic E-state index is 12.7. The minimum Gasteiger partial charge on any atom is -0.480 e. The van der Waals surface area contributed by atoms with Crippen molar-refractivity contribution in [1.82, 2.24) is 10.2 Å². The molecule has 1 fully saturated rings. The molecule has 0 saturated heterocycles. The summed E-state index contributed by atoms with van der Waals surface area (Å²) < 4.78 is 5.52. The Hall–Kier alpha value is -3.35. The van der Waals surface area contributed by atoms with E-state index in [-0.39, 0.29) is 12.5 Å². The summed E-state index contributed by atoms with van der Waals surface area (Å²) >= 11 is 0. The quantitative estimate of drug-likeness (QED) is 0.766. The first-order valence-electron chi connectivity index (χ1n) is 9.97. The molecule has 2 aliphatic carbocycles. The fourth-order valence-electron chi connectivity index (χ4n) is 4.03. The Morgan fingerprint density at radius 2 is 1.63 bits per heavy atom. The first kappa shape index (κ1) is 19.9. The second-order valence-corrected chi connectivity index (χ2v) is 7.96. The summed E-state index contributed by atoms with van der Waals surface area (Å²) in [7, 11) is 1.43. The van der Waals surface area contributed by atoms with Crippen molar-refractivity contribution < 1.29 is 24.2 Å². The van der Waals surface area contributed by atoms with Crippen LogP contribution in [0.25, 0.3) is 11.1 Å². The smallest absolute Gasteiger partial charge is 0.408 e. The van der Waals surface area contributed by atoms with Crippen molar-refractivity contribution in [3.05, 3.63) is 59.7 Å². The zero-order valence-electron chi connectivity index (χ0n) is 16.9. The van der Waals surface area contributed by atoms with E-state index in [2.05, 4.69) is 17.4 Å². The van der Waals surface area contributed by atoms with Crippen molar-refractivity contribution in [3.63, 3.8) is 0 Å². The van der Waals surface area contributed by atoms with Crippen LogP contribution in [0.5, 0.6) is 0 Å². The molecule has 0 aliphatic heterocycles. The number of benzene rings is 2. The number of carbonyl (C=O) groups is 3. The molecule has 2 amide bonds. The SMILES string of the molecule is C[C@@H](C(=O)O)N(C)C(=O)C1(NC(=O)OCC2c3ccccc3-c3ccccc32)CC1. The van der Waals surface area contributed by atoms with Crippen molar-refractivity contribution in [2.75, 3.05) is 13.7 Å². The molecule has 0 bridgehead atoms. The highest BCUT2D eigenvalue weighted by Gasteiger charge is 2.54. The third-order valence-electron chi connectivity index (χ3n) is 6.10. The molecule has 7 nitrogen and oxygen atoms in total. The fourth-order valence-corrected chi connectivity index (χ4v) is 4.03. The Morgan fingerprint density at radius 3 is 2.13 bits per heavy atom. The Morgan fingerprint density at radius 1 is 1.10 bits per heavy atom. The van der Waals surface area contributed by atoms with E-state index in [1.807, 2.05) is 36.4 Å². The van der Waals surface area contributed by atoms with E-state index in [0.29, 0.717) is 12.8 Å². The van der Waals surface area contributed by atoms with Gasteiger partial charge in [-0.2, -0.15) is 0 Å². The number of hydrogen-bond acceptors (Lipinski definition) is 4. The third kappa shape index (κ3) is 3.40. The van der Waals surface area contributed by atoms with Crippen LogP contribution in [0.3, 0.4) is 0 Å². The van der Waals surface area contributed by atoms with E-state index in [1.165, 1.54) is 14.0 Å². The lowest BCUT2D eigenvalue weighted by atomic mass is 9.98. The second-order valence-electron chi connectivity index (χ2n) is 7.96. The molecule has 156 valence electrons. The van der Waals surface area contributed by atoms with Crippen molar-refractivity contribution in [2.24, 2.45) is 0 Å². The molecule has 2 aromatic carbocycles. The number of amides is 2. The second kappa shape index (κ2) is 7.48. The van der Waals surface area contributed by atoms with Gasteiger partial charge in [-0.15, -0.1) is 0 Å². The van der Waals surface area contributed by atoms with E-state index in [0.717, 1.165) is 27.2 Å². The zero-order chi connectivity index (χ0) is 21.5. The van der Waals surface area contributed by atoms with Gasteiger partial charge in [0.15, 0.2) is 0 Å². The lowest BCUT2D eigenvalue weighted by Crippen LogP contribution is -2.53. The molecule has 1 saturated carbocycles. The standard InChI is InChI=1S/C23H24N2O5/c1-14(20(26)27)25(2)21(28)23(11-12-23)24-22(29)30-13-19-17-9-5-3-7-15(17)16-8-4-6-10-18(16)19/h3-10,14,19H,11-13H2,1-2H3,(H,24,29)(H,26,27)/t14-/m0/s1. The summed E-state index contributed by atoms with van der Waals surface area (Å²) in [4.78, 5) is 37.5. The Balaban J connectivity index is 1.42. The summed E-state index contributed by atoms with van der Waals surface area (Å²) in [6.45, 7) is 1.59. The van der Waals surface area contributed by atoms with Gasteiger partial charge in [-0.1, -0.05) is 48.5 Å². The minimum absolute atomic E-state index is 0.0660. The molecule has 0 spiro atoms. The molecule has 2 aromatic rings. The lowest BCUT2D eigenvalue weighted by molar-refractivity contribution is -0.149. The Labute approximate surface area is 174 Å². The molecular weight excluding hydrogens is 384 g/mol. The molecule has 7 heteroatoms. The van der Waals surface area contributed by atoms with Crippen molar-refractivity contribution in [3.8, 4) is 11.1 Å². The molecule has 2 aliphatic rings. The predicted molar refractivity (Wildman–Crippen MR) is 110 cm³/mol. The van der Waals surface area contributed by atoms with Gasteiger partial charge in [0.1, 0.15) is 18.2 Å². The number of carboxylic acids is 1. The molecule has 2 N–H and O–H groups in total. The maximum Gasteiger partial charge on any atom is 0.408 e. The number of alkyl carbamates (subject to hydrolysis) is 1. The maximum atomic E-state index is 12.7. The molecule has 4 rings (SSSR count). The van der Waals surface area contributed by atoms with Gasteiger partial charge in [0.2, 0.25) is 5.91 Å². The number of likely N-dealkylation sites (N-methyl/N-ethyl adjacent to an activating group) is 1. The van der Waals surface area contributed by atoms with Crippen LogP contribution in [0.15, 0.2) is 48.5 Å². The van der Waals surface area contributed by atoms with Crippen molar-refractivity contribution in [2.45, 2.75) is 37.3 Å². The number of nitrogens with zero attached hydrogens (tertiary/aromatic N) is 1. The summed E-state index contributed by atoms with van der Waals surface area (Å²) in [5, 5.41) is 11.8. The normalized spacial score (nSPS) is 16.7. The van der Waals surface area contributed by atoms with Crippen molar-refractivity contribution in [1.29, 1.82) is 0 Å². The van der Waals surface area contributed by atoms with Crippen LogP contribution in [-0.2, 0) is 14.3 Å². The van der Waals surface area contributed by atoms with Gasteiger partial charge in [0.05, 0.1) is 0 Å². The molecule has 0 aromatic heterocycles.